The molecule has 3 aromatic rings. The van der Waals surface area contributed by atoms with Crippen molar-refractivity contribution in [3.05, 3.63) is 65.5 Å². The number of nitrogens with zero attached hydrogens (tertiary/aromatic N) is 2. The molecule has 0 aliphatic carbocycles. The topological polar surface area (TPSA) is 51.8 Å². The molecule has 0 unspecified atom stereocenters. The highest BCUT2D eigenvalue weighted by Crippen LogP contribution is 2.19. The van der Waals surface area contributed by atoms with Gasteiger partial charge in [0.1, 0.15) is 11.3 Å². The molecule has 0 fully saturated rings. The number of hydrogen-bond donors (Lipinski definition) is 1. The number of aryl methyl sites for hydroxylation is 1. The highest BCUT2D eigenvalue weighted by Gasteiger charge is 2.04. The molecule has 3 rings (SSSR count). The second-order valence-corrected chi connectivity index (χ2v) is 4.67. The first kappa shape index (κ1) is 11.7. The normalized spacial score (nSPS) is 10.8. The number of fused-ring (bicyclic) bond motifs is 1. The van der Waals surface area contributed by atoms with Crippen LogP contribution in [0.15, 0.2) is 48.7 Å². The molecule has 94 valence electrons. The second kappa shape index (κ2) is 4.69. The van der Waals surface area contributed by atoms with E-state index in [1.165, 1.54) is 11.1 Å². The zero-order valence-electron chi connectivity index (χ0n) is 10.8. The Morgan fingerprint density at radius 1 is 1.05 bits per heavy atom. The molecule has 0 saturated carbocycles. The molecular formula is C16H15N3. The van der Waals surface area contributed by atoms with Gasteiger partial charge >= 0.3 is 0 Å². The summed E-state index contributed by atoms with van der Waals surface area (Å²) in [7, 11) is 0. The quantitative estimate of drug-likeness (QED) is 0.759. The zero-order chi connectivity index (χ0) is 13.2. The molecular weight excluding hydrogens is 234 g/mol. The molecule has 0 saturated heterocycles. The van der Waals surface area contributed by atoms with Crippen LogP contribution in [0.25, 0.3) is 10.9 Å². The standard InChI is InChI=1S/C16H15N3/c1-11-4-2-3-5-13(11)10-14-7-6-12-8-9-18-16(17)15(12)19-14/h2-9H,10H2,1H3,(H2,17,18). The third kappa shape index (κ3) is 2.27. The summed E-state index contributed by atoms with van der Waals surface area (Å²) in [6.07, 6.45) is 2.53. The van der Waals surface area contributed by atoms with Crippen molar-refractivity contribution in [2.45, 2.75) is 13.3 Å². The number of hydrogen-bond acceptors (Lipinski definition) is 3. The van der Waals surface area contributed by atoms with Gasteiger partial charge in [0.25, 0.3) is 0 Å². The third-order valence-corrected chi connectivity index (χ3v) is 3.33. The smallest absolute Gasteiger partial charge is 0.149 e. The average molecular weight is 249 g/mol. The molecule has 1 aromatic carbocycles. The highest BCUT2D eigenvalue weighted by atomic mass is 14.9. The molecule has 2 heterocycles. The van der Waals surface area contributed by atoms with Crippen molar-refractivity contribution < 1.29 is 0 Å². The Balaban J connectivity index is 2.02. The average Bonchev–Trinajstić information content (AvgIpc) is 2.42. The lowest BCUT2D eigenvalue weighted by Crippen LogP contribution is -1.98. The Morgan fingerprint density at radius 2 is 1.89 bits per heavy atom. The minimum absolute atomic E-state index is 0.490. The maximum Gasteiger partial charge on any atom is 0.149 e. The van der Waals surface area contributed by atoms with Crippen molar-refractivity contribution in [1.82, 2.24) is 9.97 Å². The van der Waals surface area contributed by atoms with E-state index in [2.05, 4.69) is 41.2 Å². The second-order valence-electron chi connectivity index (χ2n) is 4.67. The van der Waals surface area contributed by atoms with Gasteiger partial charge in [-0.05, 0) is 30.2 Å². The predicted octanol–water partition coefficient (Wildman–Crippen LogP) is 3.11. The molecule has 2 aromatic heterocycles. The summed E-state index contributed by atoms with van der Waals surface area (Å²) in [4.78, 5) is 8.71. The van der Waals surface area contributed by atoms with Crippen LogP contribution in [0.5, 0.6) is 0 Å². The maximum atomic E-state index is 5.87. The Bertz CT molecular complexity index is 735. The Kier molecular flexibility index (Phi) is 2.88. The van der Waals surface area contributed by atoms with Crippen LogP contribution in [-0.4, -0.2) is 9.97 Å². The van der Waals surface area contributed by atoms with E-state index >= 15 is 0 Å². The molecule has 3 heteroatoms. The van der Waals surface area contributed by atoms with E-state index in [1.54, 1.807) is 6.20 Å². The van der Waals surface area contributed by atoms with Crippen LogP contribution in [0.2, 0.25) is 0 Å². The van der Waals surface area contributed by atoms with E-state index in [0.717, 1.165) is 23.0 Å². The minimum Gasteiger partial charge on any atom is -0.382 e. The van der Waals surface area contributed by atoms with Crippen LogP contribution >= 0.6 is 0 Å². The number of nitrogens with two attached hydrogens (primary N) is 1. The molecule has 0 aliphatic rings. The van der Waals surface area contributed by atoms with Crippen molar-refractivity contribution in [3.63, 3.8) is 0 Å². The Hall–Kier alpha value is -2.42. The molecule has 0 amide bonds. The molecule has 0 atom stereocenters. The zero-order valence-corrected chi connectivity index (χ0v) is 10.8. The first-order valence-electron chi connectivity index (χ1n) is 6.28. The van der Waals surface area contributed by atoms with Crippen LogP contribution in [-0.2, 0) is 6.42 Å². The van der Waals surface area contributed by atoms with Gasteiger partial charge in [-0.25, -0.2) is 9.97 Å². The monoisotopic (exact) mass is 249 g/mol. The Morgan fingerprint density at radius 3 is 2.74 bits per heavy atom. The fourth-order valence-electron chi connectivity index (χ4n) is 2.21. The van der Waals surface area contributed by atoms with Gasteiger partial charge in [-0.1, -0.05) is 30.3 Å². The molecule has 0 spiro atoms. The summed E-state index contributed by atoms with van der Waals surface area (Å²) in [5.41, 5.74) is 10.2. The molecule has 0 aliphatic heterocycles. The minimum atomic E-state index is 0.490. The van der Waals surface area contributed by atoms with Gasteiger partial charge in [0.05, 0.1) is 0 Å². The fraction of sp³-hybridized carbons (Fsp3) is 0.125. The van der Waals surface area contributed by atoms with Crippen molar-refractivity contribution in [1.29, 1.82) is 0 Å². The fourth-order valence-corrected chi connectivity index (χ4v) is 2.21. The lowest BCUT2D eigenvalue weighted by atomic mass is 10.0. The van der Waals surface area contributed by atoms with Crippen LogP contribution in [0.1, 0.15) is 16.8 Å². The van der Waals surface area contributed by atoms with Gasteiger partial charge in [-0.3, -0.25) is 0 Å². The first-order chi connectivity index (χ1) is 9.24. The Labute approximate surface area is 112 Å². The summed E-state index contributed by atoms with van der Waals surface area (Å²) in [5, 5.41) is 1.03. The van der Waals surface area contributed by atoms with E-state index < -0.39 is 0 Å². The highest BCUT2D eigenvalue weighted by molar-refractivity contribution is 5.86. The van der Waals surface area contributed by atoms with Gasteiger partial charge < -0.3 is 5.73 Å². The predicted molar refractivity (Wildman–Crippen MR) is 77.9 cm³/mol. The van der Waals surface area contributed by atoms with E-state index in [0.29, 0.717) is 5.82 Å². The van der Waals surface area contributed by atoms with Crippen molar-refractivity contribution in [2.24, 2.45) is 0 Å². The number of anilines is 1. The van der Waals surface area contributed by atoms with E-state index in [9.17, 15) is 0 Å². The lowest BCUT2D eigenvalue weighted by Gasteiger charge is -2.07. The number of nitrogen functional groups attached to an aromatic ring is 1. The molecule has 0 bridgehead atoms. The number of rotatable bonds is 2. The molecule has 0 radical (unpaired) electrons. The lowest BCUT2D eigenvalue weighted by molar-refractivity contribution is 1.08. The van der Waals surface area contributed by atoms with E-state index in [4.69, 9.17) is 5.73 Å². The summed E-state index contributed by atoms with van der Waals surface area (Å²) < 4.78 is 0. The van der Waals surface area contributed by atoms with Crippen LogP contribution < -0.4 is 5.73 Å². The van der Waals surface area contributed by atoms with Crippen molar-refractivity contribution in [3.8, 4) is 0 Å². The summed E-state index contributed by atoms with van der Waals surface area (Å²) in [6, 6.07) is 14.4. The summed E-state index contributed by atoms with van der Waals surface area (Å²) in [5.74, 6) is 0.490. The first-order valence-corrected chi connectivity index (χ1v) is 6.28. The van der Waals surface area contributed by atoms with Crippen LogP contribution in [0.4, 0.5) is 5.82 Å². The molecule has 2 N–H and O–H groups in total. The van der Waals surface area contributed by atoms with Crippen molar-refractivity contribution in [2.75, 3.05) is 5.73 Å². The van der Waals surface area contributed by atoms with E-state index in [1.807, 2.05) is 18.2 Å². The largest absolute Gasteiger partial charge is 0.382 e. The van der Waals surface area contributed by atoms with Crippen LogP contribution in [0.3, 0.4) is 0 Å². The number of pyridine rings is 2. The van der Waals surface area contributed by atoms with Gasteiger partial charge in [-0.15, -0.1) is 0 Å². The summed E-state index contributed by atoms with van der Waals surface area (Å²) >= 11 is 0. The molecule has 3 nitrogen and oxygen atoms in total. The van der Waals surface area contributed by atoms with E-state index in [-0.39, 0.29) is 0 Å². The van der Waals surface area contributed by atoms with Crippen molar-refractivity contribution >= 4 is 16.7 Å². The van der Waals surface area contributed by atoms with Gasteiger partial charge in [0, 0.05) is 23.7 Å². The number of benzene rings is 1. The van der Waals surface area contributed by atoms with Gasteiger partial charge in [0.15, 0.2) is 0 Å². The SMILES string of the molecule is Cc1ccccc1Cc1ccc2ccnc(N)c2n1. The third-order valence-electron chi connectivity index (χ3n) is 3.33. The maximum absolute atomic E-state index is 5.87. The number of aromatic nitrogens is 2. The summed E-state index contributed by atoms with van der Waals surface area (Å²) in [6.45, 7) is 2.12. The van der Waals surface area contributed by atoms with Gasteiger partial charge in [-0.2, -0.15) is 0 Å². The molecule has 19 heavy (non-hydrogen) atoms. The van der Waals surface area contributed by atoms with Crippen LogP contribution in [0, 0.1) is 6.92 Å². The van der Waals surface area contributed by atoms with Gasteiger partial charge in [0.2, 0.25) is 0 Å².